The number of carbonyl (C=O) groups is 2. The first-order valence-electron chi connectivity index (χ1n) is 8.99. The van der Waals surface area contributed by atoms with Crippen LogP contribution in [0.5, 0.6) is 0 Å². The molecule has 0 aliphatic carbocycles. The zero-order valence-corrected chi connectivity index (χ0v) is 15.9. The van der Waals surface area contributed by atoms with Gasteiger partial charge in [-0.2, -0.15) is 0 Å². The molecule has 1 aromatic heterocycles. The van der Waals surface area contributed by atoms with Crippen molar-refractivity contribution in [2.24, 2.45) is 0 Å². The summed E-state index contributed by atoms with van der Waals surface area (Å²) in [5, 5.41) is 1.11. The van der Waals surface area contributed by atoms with Gasteiger partial charge < -0.3 is 9.64 Å². The number of likely N-dealkylation sites (tertiary alicyclic amines) is 1. The van der Waals surface area contributed by atoms with Crippen molar-refractivity contribution < 1.29 is 14.3 Å². The van der Waals surface area contributed by atoms with E-state index in [4.69, 9.17) is 9.72 Å². The van der Waals surface area contributed by atoms with E-state index < -0.39 is 5.97 Å². The SMILES string of the molecule is COC(=O)c1ccc(C(=O)N2CCC[C@@H](c3nc4ccccc4s3)C2)cc1. The van der Waals surface area contributed by atoms with Crippen LogP contribution in [0.2, 0.25) is 0 Å². The van der Waals surface area contributed by atoms with Crippen molar-refractivity contribution in [3.8, 4) is 0 Å². The first-order chi connectivity index (χ1) is 13.2. The Bertz CT molecular complexity index is 948. The van der Waals surface area contributed by atoms with Gasteiger partial charge in [0.1, 0.15) is 0 Å². The Labute approximate surface area is 161 Å². The molecule has 1 atom stereocenters. The van der Waals surface area contributed by atoms with Crippen LogP contribution in [0.4, 0.5) is 0 Å². The van der Waals surface area contributed by atoms with Crippen LogP contribution in [-0.4, -0.2) is 42.0 Å². The summed E-state index contributed by atoms with van der Waals surface area (Å²) in [6.45, 7) is 1.43. The van der Waals surface area contributed by atoms with E-state index in [1.165, 1.54) is 11.8 Å². The van der Waals surface area contributed by atoms with Gasteiger partial charge in [-0.15, -0.1) is 11.3 Å². The summed E-state index contributed by atoms with van der Waals surface area (Å²) in [5.41, 5.74) is 2.06. The number of esters is 1. The zero-order chi connectivity index (χ0) is 18.8. The Balaban J connectivity index is 1.50. The van der Waals surface area contributed by atoms with Crippen LogP contribution in [0.25, 0.3) is 10.2 Å². The highest BCUT2D eigenvalue weighted by atomic mass is 32.1. The minimum absolute atomic E-state index is 0.00257. The molecular weight excluding hydrogens is 360 g/mol. The van der Waals surface area contributed by atoms with Crippen LogP contribution in [0.15, 0.2) is 48.5 Å². The molecule has 1 fully saturated rings. The minimum atomic E-state index is -0.400. The summed E-state index contributed by atoms with van der Waals surface area (Å²) in [6, 6.07) is 14.8. The van der Waals surface area contributed by atoms with Crippen LogP contribution in [-0.2, 0) is 4.74 Å². The number of benzene rings is 2. The summed E-state index contributed by atoms with van der Waals surface area (Å²) >= 11 is 1.72. The molecule has 1 aliphatic heterocycles. The van der Waals surface area contributed by atoms with Crippen LogP contribution in [0, 0.1) is 0 Å². The van der Waals surface area contributed by atoms with Crippen molar-refractivity contribution in [1.29, 1.82) is 0 Å². The fourth-order valence-electron chi connectivity index (χ4n) is 3.48. The Morgan fingerprint density at radius 3 is 2.59 bits per heavy atom. The monoisotopic (exact) mass is 380 g/mol. The van der Waals surface area contributed by atoms with E-state index in [9.17, 15) is 9.59 Å². The Hall–Kier alpha value is -2.73. The van der Waals surface area contributed by atoms with E-state index >= 15 is 0 Å². The predicted octanol–water partition coefficient (Wildman–Crippen LogP) is 4.10. The molecule has 27 heavy (non-hydrogen) atoms. The average Bonchev–Trinajstić information content (AvgIpc) is 3.17. The normalized spacial score (nSPS) is 17.1. The molecule has 4 rings (SSSR count). The fourth-order valence-corrected chi connectivity index (χ4v) is 4.57. The fraction of sp³-hybridized carbons (Fsp3) is 0.286. The Kier molecular flexibility index (Phi) is 4.90. The van der Waals surface area contributed by atoms with Crippen molar-refractivity contribution in [1.82, 2.24) is 9.88 Å². The van der Waals surface area contributed by atoms with E-state index in [-0.39, 0.29) is 11.8 Å². The molecule has 2 aromatic carbocycles. The molecule has 0 unspecified atom stereocenters. The van der Waals surface area contributed by atoms with Gasteiger partial charge in [0.2, 0.25) is 0 Å². The van der Waals surface area contributed by atoms with Crippen molar-refractivity contribution in [2.45, 2.75) is 18.8 Å². The number of rotatable bonds is 3. The van der Waals surface area contributed by atoms with Crippen molar-refractivity contribution in [3.63, 3.8) is 0 Å². The maximum Gasteiger partial charge on any atom is 0.337 e. The summed E-state index contributed by atoms with van der Waals surface area (Å²) < 4.78 is 5.89. The zero-order valence-electron chi connectivity index (χ0n) is 15.1. The second-order valence-electron chi connectivity index (χ2n) is 6.68. The minimum Gasteiger partial charge on any atom is -0.465 e. The number of amides is 1. The van der Waals surface area contributed by atoms with Gasteiger partial charge >= 0.3 is 5.97 Å². The molecule has 2 heterocycles. The van der Waals surface area contributed by atoms with Gasteiger partial charge in [0.05, 0.1) is 27.9 Å². The van der Waals surface area contributed by atoms with Crippen molar-refractivity contribution >= 4 is 33.4 Å². The van der Waals surface area contributed by atoms with Crippen LogP contribution >= 0.6 is 11.3 Å². The first-order valence-corrected chi connectivity index (χ1v) is 9.80. The second-order valence-corrected chi connectivity index (χ2v) is 7.74. The largest absolute Gasteiger partial charge is 0.465 e. The van der Waals surface area contributed by atoms with Crippen LogP contribution < -0.4 is 0 Å². The smallest absolute Gasteiger partial charge is 0.337 e. The average molecular weight is 380 g/mol. The van der Waals surface area contributed by atoms with E-state index in [0.29, 0.717) is 17.7 Å². The maximum absolute atomic E-state index is 12.9. The molecule has 0 bridgehead atoms. The standard InChI is InChI=1S/C21H20N2O3S/c1-26-21(25)15-10-8-14(9-11-15)20(24)23-12-4-5-16(13-23)19-22-17-6-2-3-7-18(17)27-19/h2-3,6-11,16H,4-5,12-13H2,1H3/t16-/m1/s1. The number of methoxy groups -OCH3 is 1. The molecule has 0 radical (unpaired) electrons. The van der Waals surface area contributed by atoms with Gasteiger partial charge in [-0.05, 0) is 49.2 Å². The topological polar surface area (TPSA) is 59.5 Å². The Morgan fingerprint density at radius 1 is 1.11 bits per heavy atom. The number of hydrogen-bond donors (Lipinski definition) is 0. The molecule has 0 spiro atoms. The quantitative estimate of drug-likeness (QED) is 0.642. The number of thiazole rings is 1. The lowest BCUT2D eigenvalue weighted by molar-refractivity contribution is 0.0599. The van der Waals surface area contributed by atoms with E-state index in [2.05, 4.69) is 6.07 Å². The number of piperidine rings is 1. The molecule has 138 valence electrons. The number of para-hydroxylation sites is 1. The lowest BCUT2D eigenvalue weighted by atomic mass is 9.98. The van der Waals surface area contributed by atoms with Gasteiger partial charge in [0.15, 0.2) is 0 Å². The third-order valence-corrected chi connectivity index (χ3v) is 6.12. The van der Waals surface area contributed by atoms with E-state index in [1.807, 2.05) is 23.1 Å². The van der Waals surface area contributed by atoms with Crippen molar-refractivity contribution in [2.75, 3.05) is 20.2 Å². The van der Waals surface area contributed by atoms with E-state index in [0.717, 1.165) is 29.9 Å². The lowest BCUT2D eigenvalue weighted by Gasteiger charge is -2.32. The lowest BCUT2D eigenvalue weighted by Crippen LogP contribution is -2.39. The maximum atomic E-state index is 12.9. The van der Waals surface area contributed by atoms with Crippen molar-refractivity contribution in [3.05, 3.63) is 64.7 Å². The number of hydrogen-bond acceptors (Lipinski definition) is 5. The van der Waals surface area contributed by atoms with Gasteiger partial charge in [-0.3, -0.25) is 4.79 Å². The molecule has 1 aliphatic rings. The highest BCUT2D eigenvalue weighted by Crippen LogP contribution is 2.33. The number of carbonyl (C=O) groups excluding carboxylic acids is 2. The van der Waals surface area contributed by atoms with Crippen LogP contribution in [0.3, 0.4) is 0 Å². The molecule has 3 aromatic rings. The number of nitrogens with zero attached hydrogens (tertiary/aromatic N) is 2. The molecule has 0 saturated carbocycles. The molecule has 0 N–H and O–H groups in total. The number of fused-ring (bicyclic) bond motifs is 1. The van der Waals surface area contributed by atoms with Crippen LogP contribution in [0.1, 0.15) is 44.5 Å². The number of ether oxygens (including phenoxy) is 1. The van der Waals surface area contributed by atoms with E-state index in [1.54, 1.807) is 35.6 Å². The molecule has 6 heteroatoms. The number of aromatic nitrogens is 1. The van der Waals surface area contributed by atoms with Gasteiger partial charge in [-0.1, -0.05) is 12.1 Å². The highest BCUT2D eigenvalue weighted by Gasteiger charge is 2.27. The molecular formula is C21H20N2O3S. The first kappa shape index (κ1) is 17.7. The second kappa shape index (κ2) is 7.48. The highest BCUT2D eigenvalue weighted by molar-refractivity contribution is 7.18. The molecule has 5 nitrogen and oxygen atoms in total. The molecule has 1 amide bonds. The third-order valence-electron chi connectivity index (χ3n) is 4.92. The van der Waals surface area contributed by atoms with Gasteiger partial charge in [0, 0.05) is 24.6 Å². The predicted molar refractivity (Wildman–Crippen MR) is 105 cm³/mol. The third kappa shape index (κ3) is 3.57. The van der Waals surface area contributed by atoms with Gasteiger partial charge in [0.25, 0.3) is 5.91 Å². The summed E-state index contributed by atoms with van der Waals surface area (Å²) in [7, 11) is 1.34. The Morgan fingerprint density at radius 2 is 1.85 bits per heavy atom. The summed E-state index contributed by atoms with van der Waals surface area (Å²) in [6.07, 6.45) is 2.01. The summed E-state index contributed by atoms with van der Waals surface area (Å²) in [4.78, 5) is 31.1. The summed E-state index contributed by atoms with van der Waals surface area (Å²) in [5.74, 6) is -0.130. The van der Waals surface area contributed by atoms with Gasteiger partial charge in [-0.25, -0.2) is 9.78 Å². The molecule has 1 saturated heterocycles.